The van der Waals surface area contributed by atoms with Crippen molar-refractivity contribution in [1.29, 1.82) is 0 Å². The van der Waals surface area contributed by atoms with E-state index < -0.39 is 0 Å². The molecule has 0 saturated heterocycles. The number of imidazole rings is 1. The second-order valence-electron chi connectivity index (χ2n) is 6.49. The molecule has 3 heterocycles. The topological polar surface area (TPSA) is 47.7 Å². The van der Waals surface area contributed by atoms with Gasteiger partial charge in [0.05, 0.1) is 17.9 Å². The van der Waals surface area contributed by atoms with Gasteiger partial charge in [-0.1, -0.05) is 24.1 Å². The molecule has 24 heavy (non-hydrogen) atoms. The maximum absolute atomic E-state index is 4.77. The number of fused-ring (bicyclic) bond motifs is 1. The van der Waals surface area contributed by atoms with Crippen molar-refractivity contribution >= 4 is 5.82 Å². The molecule has 1 aliphatic rings. The molecule has 0 amide bonds. The third-order valence-corrected chi connectivity index (χ3v) is 4.55. The second-order valence-corrected chi connectivity index (χ2v) is 6.49. The van der Waals surface area contributed by atoms with Crippen LogP contribution in [0.15, 0.2) is 42.7 Å². The minimum absolute atomic E-state index is 0.713. The van der Waals surface area contributed by atoms with Gasteiger partial charge in [-0.2, -0.15) is 5.10 Å². The maximum Gasteiger partial charge on any atom is 0.148 e. The molecule has 5 heteroatoms. The van der Waals surface area contributed by atoms with E-state index in [2.05, 4.69) is 52.4 Å². The standard InChI is InChI=1S/C19H23N5/c1-15-6-8-17(9-7-15)24-12-10-18(22-24)20-13-16-14-23-11-4-2-3-5-19(23)21-16/h6-10,12,14H,2-5,11,13H2,1H3,(H,20,22). The van der Waals surface area contributed by atoms with Crippen molar-refractivity contribution < 1.29 is 0 Å². The maximum atomic E-state index is 4.77. The number of benzene rings is 1. The first-order valence-corrected chi connectivity index (χ1v) is 8.69. The highest BCUT2D eigenvalue weighted by Crippen LogP contribution is 2.16. The van der Waals surface area contributed by atoms with E-state index in [1.54, 1.807) is 0 Å². The largest absolute Gasteiger partial charge is 0.363 e. The van der Waals surface area contributed by atoms with Crippen molar-refractivity contribution in [1.82, 2.24) is 19.3 Å². The molecule has 0 spiro atoms. The van der Waals surface area contributed by atoms with Gasteiger partial charge in [-0.25, -0.2) is 9.67 Å². The molecule has 4 rings (SSSR count). The van der Waals surface area contributed by atoms with Crippen LogP contribution in [0.25, 0.3) is 5.69 Å². The van der Waals surface area contributed by atoms with Crippen LogP contribution in [0.2, 0.25) is 0 Å². The summed E-state index contributed by atoms with van der Waals surface area (Å²) in [5, 5.41) is 7.97. The quantitative estimate of drug-likeness (QED) is 0.797. The lowest BCUT2D eigenvalue weighted by atomic mass is 10.2. The normalized spacial score (nSPS) is 14.2. The van der Waals surface area contributed by atoms with Crippen LogP contribution in [0.5, 0.6) is 0 Å². The smallest absolute Gasteiger partial charge is 0.148 e. The number of hydrogen-bond donors (Lipinski definition) is 1. The zero-order chi connectivity index (χ0) is 16.4. The lowest BCUT2D eigenvalue weighted by Gasteiger charge is -2.02. The molecule has 1 aromatic carbocycles. The summed E-state index contributed by atoms with van der Waals surface area (Å²) in [5.74, 6) is 2.10. The Kier molecular flexibility index (Phi) is 4.07. The highest BCUT2D eigenvalue weighted by Gasteiger charge is 2.11. The first kappa shape index (κ1) is 15.0. The molecule has 0 unspecified atom stereocenters. The predicted octanol–water partition coefficient (Wildman–Crippen LogP) is 3.72. The monoisotopic (exact) mass is 321 g/mol. The van der Waals surface area contributed by atoms with Crippen LogP contribution >= 0.6 is 0 Å². The Morgan fingerprint density at radius 3 is 2.83 bits per heavy atom. The number of nitrogens with zero attached hydrogens (tertiary/aromatic N) is 4. The van der Waals surface area contributed by atoms with Crippen LogP contribution < -0.4 is 5.32 Å². The van der Waals surface area contributed by atoms with E-state index in [4.69, 9.17) is 4.98 Å². The van der Waals surface area contributed by atoms with E-state index in [9.17, 15) is 0 Å². The van der Waals surface area contributed by atoms with Gasteiger partial charge in [0, 0.05) is 31.4 Å². The van der Waals surface area contributed by atoms with Crippen molar-refractivity contribution in [3.8, 4) is 5.69 Å². The van der Waals surface area contributed by atoms with Gasteiger partial charge in [-0.15, -0.1) is 0 Å². The van der Waals surface area contributed by atoms with Gasteiger partial charge in [0.15, 0.2) is 0 Å². The van der Waals surface area contributed by atoms with Crippen molar-refractivity contribution in [3.63, 3.8) is 0 Å². The zero-order valence-corrected chi connectivity index (χ0v) is 14.1. The molecule has 3 aromatic rings. The minimum atomic E-state index is 0.713. The minimum Gasteiger partial charge on any atom is -0.363 e. The fraction of sp³-hybridized carbons (Fsp3) is 0.368. The number of aromatic nitrogens is 4. The Morgan fingerprint density at radius 2 is 1.96 bits per heavy atom. The Labute approximate surface area is 142 Å². The Hall–Kier alpha value is -2.56. The molecule has 0 aliphatic carbocycles. The van der Waals surface area contributed by atoms with Gasteiger partial charge in [0.25, 0.3) is 0 Å². The molecule has 0 fully saturated rings. The summed E-state index contributed by atoms with van der Waals surface area (Å²) in [4.78, 5) is 4.77. The molecular weight excluding hydrogens is 298 g/mol. The van der Waals surface area contributed by atoms with Crippen molar-refractivity contribution in [2.75, 3.05) is 5.32 Å². The summed E-state index contributed by atoms with van der Waals surface area (Å²) in [6, 6.07) is 10.4. The Balaban J connectivity index is 1.42. The van der Waals surface area contributed by atoms with Gasteiger partial charge in [0.1, 0.15) is 11.6 Å². The highest BCUT2D eigenvalue weighted by molar-refractivity contribution is 5.39. The highest BCUT2D eigenvalue weighted by atomic mass is 15.3. The van der Waals surface area contributed by atoms with Gasteiger partial charge in [-0.05, 0) is 31.9 Å². The molecule has 5 nitrogen and oxygen atoms in total. The number of rotatable bonds is 4. The SMILES string of the molecule is Cc1ccc(-n2ccc(NCc3cn4c(n3)CCCCC4)n2)cc1. The lowest BCUT2D eigenvalue weighted by molar-refractivity contribution is 0.634. The van der Waals surface area contributed by atoms with Gasteiger partial charge in [0.2, 0.25) is 0 Å². The number of aryl methyl sites for hydroxylation is 3. The molecule has 2 aromatic heterocycles. The fourth-order valence-electron chi connectivity index (χ4n) is 3.17. The molecular formula is C19H23N5. The number of hydrogen-bond acceptors (Lipinski definition) is 3. The molecule has 1 N–H and O–H groups in total. The first-order chi connectivity index (χ1) is 11.8. The summed E-state index contributed by atoms with van der Waals surface area (Å²) < 4.78 is 4.21. The first-order valence-electron chi connectivity index (χ1n) is 8.69. The molecule has 0 atom stereocenters. The Morgan fingerprint density at radius 1 is 1.08 bits per heavy atom. The average molecular weight is 321 g/mol. The van der Waals surface area contributed by atoms with Crippen LogP contribution in [0.3, 0.4) is 0 Å². The van der Waals surface area contributed by atoms with E-state index in [-0.39, 0.29) is 0 Å². The predicted molar refractivity (Wildman–Crippen MR) is 95.4 cm³/mol. The summed E-state index contributed by atoms with van der Waals surface area (Å²) in [6.45, 7) is 3.90. The Bertz CT molecular complexity index is 789. The van der Waals surface area contributed by atoms with Gasteiger partial charge in [-0.3, -0.25) is 0 Å². The molecule has 124 valence electrons. The third kappa shape index (κ3) is 3.20. The van der Waals surface area contributed by atoms with Crippen LogP contribution in [0.4, 0.5) is 5.82 Å². The number of nitrogens with one attached hydrogen (secondary N) is 1. The summed E-state index contributed by atoms with van der Waals surface area (Å²) in [7, 11) is 0. The van der Waals surface area contributed by atoms with E-state index in [0.717, 1.165) is 30.2 Å². The van der Waals surface area contributed by atoms with Crippen molar-refractivity contribution in [2.45, 2.75) is 45.7 Å². The van der Waals surface area contributed by atoms with Crippen LogP contribution in [-0.4, -0.2) is 19.3 Å². The summed E-state index contributed by atoms with van der Waals surface area (Å²) in [6.07, 6.45) is 9.09. The van der Waals surface area contributed by atoms with Crippen molar-refractivity contribution in [2.24, 2.45) is 0 Å². The average Bonchev–Trinajstić information content (AvgIpc) is 3.16. The molecule has 1 aliphatic heterocycles. The fourth-order valence-corrected chi connectivity index (χ4v) is 3.17. The van der Waals surface area contributed by atoms with E-state index in [1.165, 1.54) is 30.7 Å². The van der Waals surface area contributed by atoms with Crippen LogP contribution in [0.1, 0.15) is 36.3 Å². The van der Waals surface area contributed by atoms with E-state index in [1.807, 2.05) is 16.9 Å². The summed E-state index contributed by atoms with van der Waals surface area (Å²) in [5.41, 5.74) is 3.42. The zero-order valence-electron chi connectivity index (χ0n) is 14.1. The van der Waals surface area contributed by atoms with Crippen molar-refractivity contribution in [3.05, 3.63) is 59.8 Å². The summed E-state index contributed by atoms with van der Waals surface area (Å²) >= 11 is 0. The van der Waals surface area contributed by atoms with E-state index >= 15 is 0 Å². The van der Waals surface area contributed by atoms with Crippen LogP contribution in [0, 0.1) is 6.92 Å². The number of anilines is 1. The third-order valence-electron chi connectivity index (χ3n) is 4.55. The van der Waals surface area contributed by atoms with Crippen LogP contribution in [-0.2, 0) is 19.5 Å². The van der Waals surface area contributed by atoms with Gasteiger partial charge >= 0.3 is 0 Å². The molecule has 0 bridgehead atoms. The lowest BCUT2D eigenvalue weighted by Crippen LogP contribution is -2.02. The van der Waals surface area contributed by atoms with Gasteiger partial charge < -0.3 is 9.88 Å². The van der Waals surface area contributed by atoms with E-state index in [0.29, 0.717) is 6.54 Å². The second kappa shape index (κ2) is 6.51. The molecule has 0 radical (unpaired) electrons. The molecule has 0 saturated carbocycles.